The van der Waals surface area contributed by atoms with Crippen molar-refractivity contribution in [2.24, 2.45) is 5.73 Å². The molecule has 1 fully saturated rings. The Morgan fingerprint density at radius 3 is 2.11 bits per heavy atom. The van der Waals surface area contributed by atoms with E-state index in [1.165, 1.54) is 13.8 Å². The van der Waals surface area contributed by atoms with Crippen molar-refractivity contribution in [3.05, 3.63) is 0 Å². The lowest BCUT2D eigenvalue weighted by atomic mass is 10.5. The van der Waals surface area contributed by atoms with Crippen LogP contribution in [0.25, 0.3) is 0 Å². The van der Waals surface area contributed by atoms with Crippen LogP contribution in [0.5, 0.6) is 0 Å². The maximum atomic E-state index is 9.44. The molecular weight excluding hydrogens is 118 g/mol. The number of ether oxygens (including phenoxy) is 1. The fraction of sp³-hybridized carbons (Fsp3) is 0.833. The maximum absolute atomic E-state index is 9.44. The largest absolute Gasteiger partial charge is 0.372 e. The summed E-state index contributed by atoms with van der Waals surface area (Å²) >= 11 is 0. The molecule has 0 spiro atoms. The smallest absolute Gasteiger partial charge is 0.126 e. The zero-order valence-electron chi connectivity index (χ0n) is 5.89. The van der Waals surface area contributed by atoms with E-state index >= 15 is 0 Å². The van der Waals surface area contributed by atoms with Crippen molar-refractivity contribution in [2.45, 2.75) is 20.0 Å². The Balaban J connectivity index is 0.000000148. The molecule has 0 radical (unpaired) electrons. The molecule has 0 saturated carbocycles. The lowest BCUT2D eigenvalue weighted by Crippen LogP contribution is -2.05. The van der Waals surface area contributed by atoms with Crippen LogP contribution >= 0.6 is 0 Å². The van der Waals surface area contributed by atoms with E-state index in [0.717, 1.165) is 6.61 Å². The highest BCUT2D eigenvalue weighted by atomic mass is 16.6. The van der Waals surface area contributed by atoms with Crippen LogP contribution in [0.15, 0.2) is 0 Å². The van der Waals surface area contributed by atoms with Gasteiger partial charge in [0.2, 0.25) is 0 Å². The Bertz CT molecular complexity index is 85.1. The van der Waals surface area contributed by atoms with E-state index < -0.39 is 0 Å². The lowest BCUT2D eigenvalue weighted by Gasteiger charge is -1.71. The number of hydrogen-bond acceptors (Lipinski definition) is 3. The molecule has 9 heavy (non-hydrogen) atoms. The van der Waals surface area contributed by atoms with Gasteiger partial charge in [-0.25, -0.2) is 0 Å². The fourth-order valence-corrected chi connectivity index (χ4v) is 0.204. The summed E-state index contributed by atoms with van der Waals surface area (Å²) in [5.74, 6) is 0.167. The van der Waals surface area contributed by atoms with Gasteiger partial charge < -0.3 is 15.3 Å². The number of hydrogen-bond donors (Lipinski definition) is 1. The van der Waals surface area contributed by atoms with Gasteiger partial charge >= 0.3 is 0 Å². The van der Waals surface area contributed by atoms with Gasteiger partial charge in [-0.2, -0.15) is 0 Å². The summed E-state index contributed by atoms with van der Waals surface area (Å²) in [4.78, 5) is 9.44. The second kappa shape index (κ2) is 4.47. The number of Topliss-reactive ketones (excluding diaryl/α,β-unsaturated/α-hetero) is 1. The van der Waals surface area contributed by atoms with Crippen molar-refractivity contribution in [1.29, 1.82) is 0 Å². The molecule has 3 heteroatoms. The number of rotatable bonds is 1. The van der Waals surface area contributed by atoms with Gasteiger partial charge in [-0.15, -0.1) is 0 Å². The van der Waals surface area contributed by atoms with Crippen molar-refractivity contribution in [2.75, 3.05) is 13.2 Å². The van der Waals surface area contributed by atoms with Gasteiger partial charge in [-0.05, 0) is 13.8 Å². The first-order chi connectivity index (χ1) is 4.16. The molecule has 1 saturated heterocycles. The number of epoxide rings is 1. The third-order valence-electron chi connectivity index (χ3n) is 0.665. The van der Waals surface area contributed by atoms with E-state index in [9.17, 15) is 4.79 Å². The molecule has 0 aromatic heterocycles. The van der Waals surface area contributed by atoms with Gasteiger partial charge in [-0.1, -0.05) is 0 Å². The molecule has 1 atom stereocenters. The Morgan fingerprint density at radius 1 is 1.78 bits per heavy atom. The minimum Gasteiger partial charge on any atom is -0.372 e. The SMILES string of the molecule is CC(C)=O.NCC1CO1. The predicted molar refractivity (Wildman–Crippen MR) is 35.1 cm³/mol. The van der Waals surface area contributed by atoms with E-state index in [0.29, 0.717) is 12.6 Å². The average molecular weight is 131 g/mol. The highest BCUT2D eigenvalue weighted by Gasteiger charge is 2.18. The minimum absolute atomic E-state index is 0.167. The summed E-state index contributed by atoms with van der Waals surface area (Å²) < 4.78 is 4.73. The monoisotopic (exact) mass is 131 g/mol. The molecule has 0 amide bonds. The Kier molecular flexibility index (Phi) is 4.26. The summed E-state index contributed by atoms with van der Waals surface area (Å²) in [6.07, 6.45) is 0.412. The molecular formula is C6H13NO2. The lowest BCUT2D eigenvalue weighted by molar-refractivity contribution is -0.114. The first-order valence-corrected chi connectivity index (χ1v) is 2.95. The van der Waals surface area contributed by atoms with E-state index in [-0.39, 0.29) is 5.78 Å². The fourth-order valence-electron chi connectivity index (χ4n) is 0.204. The number of nitrogens with two attached hydrogens (primary N) is 1. The van der Waals surface area contributed by atoms with Gasteiger partial charge in [0, 0.05) is 6.54 Å². The van der Waals surface area contributed by atoms with Crippen LogP contribution in [0.4, 0.5) is 0 Å². The first-order valence-electron chi connectivity index (χ1n) is 2.95. The van der Waals surface area contributed by atoms with Crippen LogP contribution in [0, 0.1) is 0 Å². The highest BCUT2D eigenvalue weighted by molar-refractivity contribution is 5.72. The van der Waals surface area contributed by atoms with Gasteiger partial charge in [0.1, 0.15) is 5.78 Å². The Labute approximate surface area is 55.2 Å². The van der Waals surface area contributed by atoms with Crippen molar-refractivity contribution < 1.29 is 9.53 Å². The minimum atomic E-state index is 0.167. The summed E-state index contributed by atoms with van der Waals surface area (Å²) in [5.41, 5.74) is 5.11. The number of carbonyl (C=O) groups is 1. The van der Waals surface area contributed by atoms with E-state index in [1.54, 1.807) is 0 Å². The molecule has 1 aliphatic heterocycles. The molecule has 0 bridgehead atoms. The molecule has 1 aliphatic rings. The summed E-state index contributed by atoms with van der Waals surface area (Å²) in [7, 11) is 0. The van der Waals surface area contributed by atoms with E-state index in [2.05, 4.69) is 0 Å². The molecule has 2 N–H and O–H groups in total. The summed E-state index contributed by atoms with van der Waals surface area (Å²) in [5, 5.41) is 0. The summed E-state index contributed by atoms with van der Waals surface area (Å²) in [6, 6.07) is 0. The van der Waals surface area contributed by atoms with Crippen molar-refractivity contribution in [1.82, 2.24) is 0 Å². The molecule has 3 nitrogen and oxygen atoms in total. The topological polar surface area (TPSA) is 55.6 Å². The first kappa shape index (κ1) is 8.59. The highest BCUT2D eigenvalue weighted by Crippen LogP contribution is 2.03. The van der Waals surface area contributed by atoms with Crippen LogP contribution in [-0.2, 0) is 9.53 Å². The van der Waals surface area contributed by atoms with E-state index in [4.69, 9.17) is 10.5 Å². The molecule has 0 aromatic carbocycles. The molecule has 1 heterocycles. The van der Waals surface area contributed by atoms with E-state index in [1.807, 2.05) is 0 Å². The van der Waals surface area contributed by atoms with Crippen molar-refractivity contribution >= 4 is 5.78 Å². The number of carbonyl (C=O) groups excluding carboxylic acids is 1. The molecule has 0 aromatic rings. The molecule has 1 rings (SSSR count). The van der Waals surface area contributed by atoms with Gasteiger partial charge in [0.05, 0.1) is 12.7 Å². The predicted octanol–water partition coefficient (Wildman–Crippen LogP) is -0.0608. The zero-order valence-corrected chi connectivity index (χ0v) is 5.89. The zero-order chi connectivity index (χ0) is 7.28. The third kappa shape index (κ3) is 11.3. The summed E-state index contributed by atoms with van der Waals surface area (Å²) in [6.45, 7) is 4.64. The van der Waals surface area contributed by atoms with Gasteiger partial charge in [-0.3, -0.25) is 0 Å². The number of ketones is 1. The average Bonchev–Trinajstić information content (AvgIpc) is 2.43. The molecule has 0 aliphatic carbocycles. The van der Waals surface area contributed by atoms with Crippen LogP contribution in [-0.4, -0.2) is 25.0 Å². The van der Waals surface area contributed by atoms with Crippen LogP contribution in [0.3, 0.4) is 0 Å². The normalized spacial score (nSPS) is 21.9. The van der Waals surface area contributed by atoms with Gasteiger partial charge in [0.15, 0.2) is 0 Å². The standard InChI is InChI=1S/C3H7NO.C3H6O/c4-1-3-2-5-3;1-3(2)4/h3H,1-2,4H2;1-2H3. The Morgan fingerprint density at radius 2 is 2.11 bits per heavy atom. The maximum Gasteiger partial charge on any atom is 0.126 e. The molecule has 54 valence electrons. The Hall–Kier alpha value is -0.410. The van der Waals surface area contributed by atoms with Crippen LogP contribution in [0.2, 0.25) is 0 Å². The second-order valence-corrected chi connectivity index (χ2v) is 2.10. The van der Waals surface area contributed by atoms with Crippen molar-refractivity contribution in [3.63, 3.8) is 0 Å². The van der Waals surface area contributed by atoms with Gasteiger partial charge in [0.25, 0.3) is 0 Å². The quantitative estimate of drug-likeness (QED) is 0.507. The second-order valence-electron chi connectivity index (χ2n) is 2.10. The van der Waals surface area contributed by atoms with Crippen LogP contribution < -0.4 is 5.73 Å². The molecule has 1 unspecified atom stereocenters. The van der Waals surface area contributed by atoms with Crippen LogP contribution in [0.1, 0.15) is 13.8 Å². The third-order valence-corrected chi connectivity index (χ3v) is 0.665. The van der Waals surface area contributed by atoms with Crippen molar-refractivity contribution in [3.8, 4) is 0 Å².